The van der Waals surface area contributed by atoms with Gasteiger partial charge in [-0.05, 0) is 44.4 Å². The molecule has 0 radical (unpaired) electrons. The van der Waals surface area contributed by atoms with Crippen molar-refractivity contribution in [3.63, 3.8) is 0 Å². The highest BCUT2D eigenvalue weighted by atomic mass is 16.5. The van der Waals surface area contributed by atoms with Crippen LogP contribution in [0.5, 0.6) is 0 Å². The van der Waals surface area contributed by atoms with Gasteiger partial charge < -0.3 is 9.84 Å². The molecule has 3 heteroatoms. The van der Waals surface area contributed by atoms with E-state index in [1.165, 1.54) is 12.8 Å². The van der Waals surface area contributed by atoms with E-state index in [0.717, 1.165) is 51.0 Å². The minimum Gasteiger partial charge on any atom is -0.388 e. The standard InChI is InChI=1S/C16H27NO2/c1-2-4-14-5-8-15(13-17,9-6-14)16(18)7-3-11-19-12-10-16/h14,18H,2-12H2,1H3. The Balaban J connectivity index is 2.08. The van der Waals surface area contributed by atoms with E-state index >= 15 is 0 Å². The summed E-state index contributed by atoms with van der Waals surface area (Å²) < 4.78 is 5.46. The molecular formula is C16H27NO2. The first-order chi connectivity index (χ1) is 9.16. The lowest BCUT2D eigenvalue weighted by atomic mass is 9.59. The van der Waals surface area contributed by atoms with Crippen molar-refractivity contribution < 1.29 is 9.84 Å². The van der Waals surface area contributed by atoms with Crippen molar-refractivity contribution in [3.8, 4) is 6.07 Å². The Labute approximate surface area is 117 Å². The third-order valence-corrected chi connectivity index (χ3v) is 5.30. The van der Waals surface area contributed by atoms with Crippen LogP contribution in [0.2, 0.25) is 0 Å². The fraction of sp³-hybridized carbons (Fsp3) is 0.938. The van der Waals surface area contributed by atoms with E-state index in [0.29, 0.717) is 13.0 Å². The second-order valence-corrected chi connectivity index (χ2v) is 6.42. The van der Waals surface area contributed by atoms with Gasteiger partial charge in [0.2, 0.25) is 0 Å². The summed E-state index contributed by atoms with van der Waals surface area (Å²) in [6, 6.07) is 2.51. The first-order valence-corrected chi connectivity index (χ1v) is 7.87. The van der Waals surface area contributed by atoms with Crippen LogP contribution in [-0.4, -0.2) is 23.9 Å². The summed E-state index contributed by atoms with van der Waals surface area (Å²) in [5, 5.41) is 20.8. The molecule has 0 aromatic heterocycles. The molecule has 1 aliphatic heterocycles. The summed E-state index contributed by atoms with van der Waals surface area (Å²) in [5.41, 5.74) is -1.35. The molecule has 0 aromatic rings. The van der Waals surface area contributed by atoms with Gasteiger partial charge in [0.25, 0.3) is 0 Å². The number of hydrogen-bond acceptors (Lipinski definition) is 3. The fourth-order valence-corrected chi connectivity index (χ4v) is 3.96. The van der Waals surface area contributed by atoms with Crippen molar-refractivity contribution in [2.75, 3.05) is 13.2 Å². The average molecular weight is 265 g/mol. The van der Waals surface area contributed by atoms with E-state index in [2.05, 4.69) is 13.0 Å². The van der Waals surface area contributed by atoms with Crippen molar-refractivity contribution in [2.24, 2.45) is 11.3 Å². The van der Waals surface area contributed by atoms with Gasteiger partial charge in [-0.2, -0.15) is 5.26 Å². The third-order valence-electron chi connectivity index (χ3n) is 5.30. The van der Waals surface area contributed by atoms with E-state index in [1.807, 2.05) is 0 Å². The Bertz CT molecular complexity index is 318. The molecule has 1 saturated carbocycles. The van der Waals surface area contributed by atoms with E-state index in [4.69, 9.17) is 4.74 Å². The number of nitriles is 1. The Kier molecular flexibility index (Phi) is 4.86. The molecule has 2 rings (SSSR count). The van der Waals surface area contributed by atoms with Gasteiger partial charge in [0, 0.05) is 19.6 Å². The molecule has 1 heterocycles. The predicted octanol–water partition coefficient (Wildman–Crippen LogP) is 3.42. The summed E-state index contributed by atoms with van der Waals surface area (Å²) in [5.74, 6) is 0.761. The molecule has 0 aromatic carbocycles. The summed E-state index contributed by atoms with van der Waals surface area (Å²) >= 11 is 0. The van der Waals surface area contributed by atoms with E-state index in [1.54, 1.807) is 0 Å². The Morgan fingerprint density at radius 2 is 1.95 bits per heavy atom. The molecular weight excluding hydrogens is 238 g/mol. The zero-order chi connectivity index (χ0) is 13.8. The summed E-state index contributed by atoms with van der Waals surface area (Å²) in [7, 11) is 0. The second kappa shape index (κ2) is 6.24. The molecule has 1 unspecified atom stereocenters. The van der Waals surface area contributed by atoms with Crippen LogP contribution in [-0.2, 0) is 4.74 Å². The Morgan fingerprint density at radius 3 is 2.58 bits per heavy atom. The molecule has 1 N–H and O–H groups in total. The minimum absolute atomic E-state index is 0.523. The first-order valence-electron chi connectivity index (χ1n) is 7.87. The molecule has 3 nitrogen and oxygen atoms in total. The highest BCUT2D eigenvalue weighted by molar-refractivity contribution is 5.13. The Morgan fingerprint density at radius 1 is 1.21 bits per heavy atom. The predicted molar refractivity (Wildman–Crippen MR) is 74.5 cm³/mol. The zero-order valence-electron chi connectivity index (χ0n) is 12.2. The molecule has 1 atom stereocenters. The number of rotatable bonds is 3. The molecule has 19 heavy (non-hydrogen) atoms. The second-order valence-electron chi connectivity index (χ2n) is 6.42. The fourth-order valence-electron chi connectivity index (χ4n) is 3.96. The SMILES string of the molecule is CCCC1CCC(C#N)(C2(O)CCCOCC2)CC1. The van der Waals surface area contributed by atoms with Gasteiger partial charge in [-0.3, -0.25) is 0 Å². The van der Waals surface area contributed by atoms with Crippen molar-refractivity contribution in [1.82, 2.24) is 0 Å². The topological polar surface area (TPSA) is 53.2 Å². The maximum atomic E-state index is 11.0. The van der Waals surface area contributed by atoms with E-state index in [9.17, 15) is 10.4 Å². The van der Waals surface area contributed by atoms with Gasteiger partial charge in [-0.1, -0.05) is 19.8 Å². The van der Waals surface area contributed by atoms with Crippen molar-refractivity contribution in [1.29, 1.82) is 5.26 Å². The number of nitrogens with zero attached hydrogens (tertiary/aromatic N) is 1. The van der Waals surface area contributed by atoms with Crippen molar-refractivity contribution >= 4 is 0 Å². The summed E-state index contributed by atoms with van der Waals surface area (Å²) in [6.45, 7) is 3.54. The monoisotopic (exact) mass is 265 g/mol. The van der Waals surface area contributed by atoms with Gasteiger partial charge in [0.15, 0.2) is 0 Å². The largest absolute Gasteiger partial charge is 0.388 e. The number of hydrogen-bond donors (Lipinski definition) is 1. The maximum absolute atomic E-state index is 11.0. The van der Waals surface area contributed by atoms with Gasteiger partial charge >= 0.3 is 0 Å². The van der Waals surface area contributed by atoms with E-state index in [-0.39, 0.29) is 0 Å². The Hall–Kier alpha value is -0.590. The normalized spacial score (nSPS) is 40.4. The van der Waals surface area contributed by atoms with Gasteiger partial charge in [-0.15, -0.1) is 0 Å². The minimum atomic E-state index is -0.824. The average Bonchev–Trinajstić information content (AvgIpc) is 2.66. The third kappa shape index (κ3) is 2.95. The van der Waals surface area contributed by atoms with Crippen molar-refractivity contribution in [2.45, 2.75) is 70.3 Å². The van der Waals surface area contributed by atoms with Crippen LogP contribution >= 0.6 is 0 Å². The lowest BCUT2D eigenvalue weighted by Crippen LogP contribution is -2.49. The molecule has 2 fully saturated rings. The highest BCUT2D eigenvalue weighted by Crippen LogP contribution is 2.50. The molecule has 1 aliphatic carbocycles. The first kappa shape index (κ1) is 14.8. The van der Waals surface area contributed by atoms with Crippen LogP contribution in [0.15, 0.2) is 0 Å². The van der Waals surface area contributed by atoms with Crippen LogP contribution in [0.3, 0.4) is 0 Å². The van der Waals surface area contributed by atoms with Gasteiger partial charge in [0.05, 0.1) is 17.1 Å². The van der Waals surface area contributed by atoms with Crippen LogP contribution in [0.25, 0.3) is 0 Å². The molecule has 2 aliphatic rings. The van der Waals surface area contributed by atoms with Crippen LogP contribution in [0.4, 0.5) is 0 Å². The number of ether oxygens (including phenoxy) is 1. The number of aliphatic hydroxyl groups is 1. The molecule has 0 amide bonds. The smallest absolute Gasteiger partial charge is 0.0861 e. The van der Waals surface area contributed by atoms with Crippen LogP contribution < -0.4 is 0 Å². The molecule has 108 valence electrons. The van der Waals surface area contributed by atoms with Crippen LogP contribution in [0, 0.1) is 22.7 Å². The maximum Gasteiger partial charge on any atom is 0.0861 e. The van der Waals surface area contributed by atoms with Gasteiger partial charge in [-0.25, -0.2) is 0 Å². The molecule has 0 bridgehead atoms. The van der Waals surface area contributed by atoms with Gasteiger partial charge in [0.1, 0.15) is 0 Å². The molecule has 1 saturated heterocycles. The highest BCUT2D eigenvalue weighted by Gasteiger charge is 2.51. The summed E-state index contributed by atoms with van der Waals surface area (Å²) in [6.07, 6.45) is 8.65. The van der Waals surface area contributed by atoms with Crippen molar-refractivity contribution in [3.05, 3.63) is 0 Å². The lowest BCUT2D eigenvalue weighted by Gasteiger charge is -2.46. The lowest BCUT2D eigenvalue weighted by molar-refractivity contribution is -0.0904. The summed E-state index contributed by atoms with van der Waals surface area (Å²) in [4.78, 5) is 0. The zero-order valence-corrected chi connectivity index (χ0v) is 12.2. The quantitative estimate of drug-likeness (QED) is 0.850. The molecule has 0 spiro atoms. The van der Waals surface area contributed by atoms with Crippen LogP contribution in [0.1, 0.15) is 64.7 Å². The van der Waals surface area contributed by atoms with E-state index < -0.39 is 11.0 Å².